The first-order valence-electron chi connectivity index (χ1n) is 10.2. The summed E-state index contributed by atoms with van der Waals surface area (Å²) in [5, 5.41) is 14.1. The molecule has 6 heteroatoms. The van der Waals surface area contributed by atoms with Crippen LogP contribution in [0.1, 0.15) is 36.8 Å². The molecule has 29 heavy (non-hydrogen) atoms. The lowest BCUT2D eigenvalue weighted by molar-refractivity contribution is -0.384. The van der Waals surface area contributed by atoms with Crippen LogP contribution >= 0.6 is 0 Å². The molecule has 1 aliphatic rings. The standard InChI is InChI=1S/C23H27N3O3/c27-23(24-13-8-16-25-14-5-2-6-15-25)22(20-10-3-1-4-11-20)18-19-9-7-12-21(17-19)26(28)29/h1,3-4,7,9-12,17-18H,2,5-6,8,13-16H2,(H,24,27)/b22-18+. The van der Waals surface area contributed by atoms with Gasteiger partial charge in [0.1, 0.15) is 0 Å². The van der Waals surface area contributed by atoms with Crippen molar-refractivity contribution in [2.75, 3.05) is 26.2 Å². The van der Waals surface area contributed by atoms with Gasteiger partial charge < -0.3 is 10.2 Å². The largest absolute Gasteiger partial charge is 0.352 e. The Kier molecular flexibility index (Phi) is 7.53. The summed E-state index contributed by atoms with van der Waals surface area (Å²) >= 11 is 0. The minimum atomic E-state index is -0.430. The predicted octanol–water partition coefficient (Wildman–Crippen LogP) is 4.13. The zero-order valence-electron chi connectivity index (χ0n) is 16.5. The van der Waals surface area contributed by atoms with E-state index in [-0.39, 0.29) is 11.6 Å². The maximum atomic E-state index is 12.9. The number of nitrogens with one attached hydrogen (secondary N) is 1. The van der Waals surface area contributed by atoms with E-state index in [0.29, 0.717) is 17.7 Å². The molecule has 3 rings (SSSR count). The Balaban J connectivity index is 1.69. The molecule has 152 valence electrons. The van der Waals surface area contributed by atoms with Gasteiger partial charge in [-0.05, 0) is 56.1 Å². The Morgan fingerprint density at radius 2 is 1.83 bits per heavy atom. The molecule has 0 atom stereocenters. The van der Waals surface area contributed by atoms with Crippen LogP contribution in [0, 0.1) is 10.1 Å². The van der Waals surface area contributed by atoms with Gasteiger partial charge >= 0.3 is 0 Å². The van der Waals surface area contributed by atoms with Crippen molar-refractivity contribution in [1.82, 2.24) is 10.2 Å². The molecule has 0 bridgehead atoms. The summed E-state index contributed by atoms with van der Waals surface area (Å²) in [5.74, 6) is -0.165. The molecule has 1 amide bonds. The quantitative estimate of drug-likeness (QED) is 0.241. The summed E-state index contributed by atoms with van der Waals surface area (Å²) in [6.07, 6.45) is 6.45. The second-order valence-corrected chi connectivity index (χ2v) is 7.29. The second-order valence-electron chi connectivity index (χ2n) is 7.29. The first-order valence-corrected chi connectivity index (χ1v) is 10.2. The van der Waals surface area contributed by atoms with Gasteiger partial charge in [0.15, 0.2) is 0 Å². The molecule has 1 heterocycles. The van der Waals surface area contributed by atoms with Crippen molar-refractivity contribution in [2.45, 2.75) is 25.7 Å². The predicted molar refractivity (Wildman–Crippen MR) is 115 cm³/mol. The van der Waals surface area contributed by atoms with Crippen molar-refractivity contribution in [1.29, 1.82) is 0 Å². The SMILES string of the molecule is O=C(NCCCN1CCCCC1)/C(=C/c1cccc([N+](=O)[O-])c1)c1ccccc1. The van der Waals surface area contributed by atoms with Crippen molar-refractivity contribution < 1.29 is 9.72 Å². The normalized spacial score (nSPS) is 15.1. The summed E-state index contributed by atoms with van der Waals surface area (Å²) in [5.41, 5.74) is 1.92. The van der Waals surface area contributed by atoms with E-state index in [9.17, 15) is 14.9 Å². The number of piperidine rings is 1. The number of nitrogens with zero attached hydrogens (tertiary/aromatic N) is 2. The van der Waals surface area contributed by atoms with E-state index in [1.165, 1.54) is 31.4 Å². The zero-order valence-corrected chi connectivity index (χ0v) is 16.5. The molecule has 0 aromatic heterocycles. The van der Waals surface area contributed by atoms with Crippen LogP contribution in [0.4, 0.5) is 5.69 Å². The topological polar surface area (TPSA) is 75.5 Å². The highest BCUT2D eigenvalue weighted by Crippen LogP contribution is 2.21. The third-order valence-electron chi connectivity index (χ3n) is 5.11. The fourth-order valence-corrected chi connectivity index (χ4v) is 3.58. The van der Waals surface area contributed by atoms with Crippen LogP contribution in [0.25, 0.3) is 11.6 Å². The monoisotopic (exact) mass is 393 g/mol. The van der Waals surface area contributed by atoms with Crippen LogP contribution < -0.4 is 5.32 Å². The molecule has 1 aliphatic heterocycles. The van der Waals surface area contributed by atoms with E-state index in [1.54, 1.807) is 18.2 Å². The molecule has 0 unspecified atom stereocenters. The van der Waals surface area contributed by atoms with Crippen LogP contribution in [-0.4, -0.2) is 41.9 Å². The average Bonchev–Trinajstić information content (AvgIpc) is 2.76. The average molecular weight is 393 g/mol. The van der Waals surface area contributed by atoms with Gasteiger partial charge in [-0.25, -0.2) is 0 Å². The van der Waals surface area contributed by atoms with E-state index in [4.69, 9.17) is 0 Å². The molecule has 1 fully saturated rings. The van der Waals surface area contributed by atoms with Crippen LogP contribution in [0.2, 0.25) is 0 Å². The number of carbonyl (C=O) groups is 1. The van der Waals surface area contributed by atoms with Crippen molar-refractivity contribution in [2.24, 2.45) is 0 Å². The highest BCUT2D eigenvalue weighted by molar-refractivity contribution is 6.24. The van der Waals surface area contributed by atoms with Crippen LogP contribution in [0.3, 0.4) is 0 Å². The maximum Gasteiger partial charge on any atom is 0.270 e. The number of likely N-dealkylation sites (tertiary alicyclic amines) is 1. The lowest BCUT2D eigenvalue weighted by Gasteiger charge is -2.26. The fourth-order valence-electron chi connectivity index (χ4n) is 3.58. The maximum absolute atomic E-state index is 12.9. The summed E-state index contributed by atoms with van der Waals surface area (Å²) < 4.78 is 0. The number of amides is 1. The number of carbonyl (C=O) groups excluding carboxylic acids is 1. The lowest BCUT2D eigenvalue weighted by Crippen LogP contribution is -2.33. The third kappa shape index (κ3) is 6.26. The molecule has 0 spiro atoms. The van der Waals surface area contributed by atoms with Crippen LogP contribution in [0.15, 0.2) is 54.6 Å². The number of non-ortho nitro benzene ring substituents is 1. The Morgan fingerprint density at radius 1 is 1.07 bits per heavy atom. The molecule has 0 aliphatic carbocycles. The van der Waals surface area contributed by atoms with E-state index in [0.717, 1.165) is 31.6 Å². The number of nitro benzene ring substituents is 1. The third-order valence-corrected chi connectivity index (χ3v) is 5.11. The number of hydrogen-bond acceptors (Lipinski definition) is 4. The van der Waals surface area contributed by atoms with Gasteiger partial charge in [-0.1, -0.05) is 48.9 Å². The molecular weight excluding hydrogens is 366 g/mol. The molecule has 0 radical (unpaired) electrons. The Morgan fingerprint density at radius 3 is 2.55 bits per heavy atom. The first-order chi connectivity index (χ1) is 14.1. The number of hydrogen-bond donors (Lipinski definition) is 1. The van der Waals surface area contributed by atoms with Gasteiger partial charge in [0.05, 0.1) is 4.92 Å². The van der Waals surface area contributed by atoms with E-state index in [2.05, 4.69) is 10.2 Å². The fraction of sp³-hybridized carbons (Fsp3) is 0.348. The van der Waals surface area contributed by atoms with Crippen molar-refractivity contribution in [3.05, 3.63) is 75.8 Å². The number of nitro groups is 1. The first kappa shape index (κ1) is 20.7. The van der Waals surface area contributed by atoms with Gasteiger partial charge in [-0.2, -0.15) is 0 Å². The molecule has 2 aromatic rings. The Labute approximate surface area is 171 Å². The number of benzene rings is 2. The van der Waals surface area contributed by atoms with E-state index < -0.39 is 4.92 Å². The summed E-state index contributed by atoms with van der Waals surface area (Å²) in [6.45, 7) is 3.90. The Hall–Kier alpha value is -2.99. The molecule has 6 nitrogen and oxygen atoms in total. The molecule has 1 N–H and O–H groups in total. The molecule has 0 saturated carbocycles. The van der Waals surface area contributed by atoms with Gasteiger partial charge in [-0.15, -0.1) is 0 Å². The minimum absolute atomic E-state index is 0.00750. The number of rotatable bonds is 8. The molecule has 2 aromatic carbocycles. The van der Waals surface area contributed by atoms with Crippen molar-refractivity contribution in [3.63, 3.8) is 0 Å². The molecular formula is C23H27N3O3. The Bertz CT molecular complexity index is 859. The lowest BCUT2D eigenvalue weighted by atomic mass is 10.0. The summed E-state index contributed by atoms with van der Waals surface area (Å²) in [4.78, 5) is 26.0. The highest BCUT2D eigenvalue weighted by Gasteiger charge is 2.14. The molecule has 1 saturated heterocycles. The van der Waals surface area contributed by atoms with E-state index >= 15 is 0 Å². The van der Waals surface area contributed by atoms with Crippen molar-refractivity contribution in [3.8, 4) is 0 Å². The zero-order chi connectivity index (χ0) is 20.5. The van der Waals surface area contributed by atoms with Gasteiger partial charge in [0.2, 0.25) is 0 Å². The highest BCUT2D eigenvalue weighted by atomic mass is 16.6. The van der Waals surface area contributed by atoms with Crippen molar-refractivity contribution >= 4 is 23.2 Å². The van der Waals surface area contributed by atoms with Crippen LogP contribution in [-0.2, 0) is 4.79 Å². The van der Waals surface area contributed by atoms with Gasteiger partial charge in [-0.3, -0.25) is 14.9 Å². The van der Waals surface area contributed by atoms with E-state index in [1.807, 2.05) is 30.3 Å². The van der Waals surface area contributed by atoms with Gasteiger partial charge in [0.25, 0.3) is 11.6 Å². The second kappa shape index (κ2) is 10.5. The smallest absolute Gasteiger partial charge is 0.270 e. The summed E-state index contributed by atoms with van der Waals surface area (Å²) in [6, 6.07) is 15.7. The minimum Gasteiger partial charge on any atom is -0.352 e. The van der Waals surface area contributed by atoms with Crippen LogP contribution in [0.5, 0.6) is 0 Å². The van der Waals surface area contributed by atoms with Gasteiger partial charge in [0, 0.05) is 24.3 Å². The summed E-state index contributed by atoms with van der Waals surface area (Å²) in [7, 11) is 0.